The third kappa shape index (κ3) is 12.8. The minimum absolute atomic E-state index is 0.158. The third-order valence-corrected chi connectivity index (χ3v) is 3.61. The predicted octanol–water partition coefficient (Wildman–Crippen LogP) is 1.46. The molecule has 5 nitrogen and oxygen atoms in total. The van der Waals surface area contributed by atoms with Gasteiger partial charge in [0.1, 0.15) is 0 Å². The molecule has 0 unspecified atom stereocenters. The van der Waals surface area contributed by atoms with Crippen LogP contribution in [-0.2, 0) is 0 Å². The Labute approximate surface area is 130 Å². The standard InChI is InChI=1S/C16H33N3O2/c1-2-9-18(12-7-8-17)10-5-3-4-6-11-19(13-15-20)14-16-21/h20-21H,2-7,9-16H2,1H3. The molecular formula is C16H33N3O2. The quantitative estimate of drug-likeness (QED) is 0.448. The molecule has 5 heteroatoms. The Hall–Kier alpha value is -0.670. The average molecular weight is 299 g/mol. The Morgan fingerprint density at radius 3 is 1.71 bits per heavy atom. The van der Waals surface area contributed by atoms with Gasteiger partial charge >= 0.3 is 0 Å². The van der Waals surface area contributed by atoms with Crippen molar-refractivity contribution in [3.63, 3.8) is 0 Å². The fourth-order valence-corrected chi connectivity index (χ4v) is 2.50. The summed E-state index contributed by atoms with van der Waals surface area (Å²) in [5, 5.41) is 26.5. The van der Waals surface area contributed by atoms with Crippen molar-refractivity contribution in [2.75, 3.05) is 52.5 Å². The van der Waals surface area contributed by atoms with Gasteiger partial charge in [0.15, 0.2) is 0 Å². The van der Waals surface area contributed by atoms with Crippen LogP contribution in [0.25, 0.3) is 0 Å². The lowest BCUT2D eigenvalue weighted by atomic mass is 10.1. The van der Waals surface area contributed by atoms with Crippen LogP contribution in [-0.4, -0.2) is 72.5 Å². The molecule has 2 N–H and O–H groups in total. The minimum Gasteiger partial charge on any atom is -0.395 e. The molecule has 21 heavy (non-hydrogen) atoms. The fourth-order valence-electron chi connectivity index (χ4n) is 2.50. The highest BCUT2D eigenvalue weighted by Crippen LogP contribution is 2.04. The van der Waals surface area contributed by atoms with E-state index in [9.17, 15) is 0 Å². The van der Waals surface area contributed by atoms with Crippen molar-refractivity contribution in [3.05, 3.63) is 0 Å². The molecule has 0 aromatic heterocycles. The Kier molecular flexibility index (Phi) is 15.2. The number of hydrogen-bond acceptors (Lipinski definition) is 5. The van der Waals surface area contributed by atoms with E-state index in [1.54, 1.807) is 0 Å². The smallest absolute Gasteiger partial charge is 0.0635 e. The van der Waals surface area contributed by atoms with Crippen molar-refractivity contribution in [1.29, 1.82) is 5.26 Å². The molecule has 0 saturated carbocycles. The first-order chi connectivity index (χ1) is 10.3. The molecule has 0 spiro atoms. The predicted molar refractivity (Wildman–Crippen MR) is 86.0 cm³/mol. The molecule has 0 rings (SSSR count). The summed E-state index contributed by atoms with van der Waals surface area (Å²) in [6, 6.07) is 2.22. The zero-order chi connectivity index (χ0) is 15.8. The highest BCUT2D eigenvalue weighted by molar-refractivity contribution is 4.72. The van der Waals surface area contributed by atoms with Crippen molar-refractivity contribution in [2.45, 2.75) is 45.4 Å². The van der Waals surface area contributed by atoms with E-state index < -0.39 is 0 Å². The number of aliphatic hydroxyl groups excluding tert-OH is 2. The first kappa shape index (κ1) is 20.3. The van der Waals surface area contributed by atoms with Gasteiger partial charge in [-0.25, -0.2) is 0 Å². The van der Waals surface area contributed by atoms with Crippen LogP contribution in [0.4, 0.5) is 0 Å². The first-order valence-corrected chi connectivity index (χ1v) is 8.31. The Bertz CT molecular complexity index is 250. The van der Waals surface area contributed by atoms with Gasteiger partial charge < -0.3 is 15.1 Å². The monoisotopic (exact) mass is 299 g/mol. The van der Waals surface area contributed by atoms with E-state index in [-0.39, 0.29) is 13.2 Å². The summed E-state index contributed by atoms with van der Waals surface area (Å²) in [6.07, 6.45) is 6.46. The first-order valence-electron chi connectivity index (χ1n) is 8.31. The van der Waals surface area contributed by atoms with Gasteiger partial charge in [0.05, 0.1) is 19.3 Å². The topological polar surface area (TPSA) is 70.7 Å². The highest BCUT2D eigenvalue weighted by atomic mass is 16.3. The van der Waals surface area contributed by atoms with E-state index in [0.717, 1.165) is 39.0 Å². The van der Waals surface area contributed by atoms with Crippen LogP contribution in [0.1, 0.15) is 45.4 Å². The van der Waals surface area contributed by atoms with Crippen molar-refractivity contribution >= 4 is 0 Å². The zero-order valence-corrected chi connectivity index (χ0v) is 13.6. The maximum atomic E-state index is 8.93. The minimum atomic E-state index is 0.158. The zero-order valence-electron chi connectivity index (χ0n) is 13.6. The SMILES string of the molecule is CCCN(CCC#N)CCCCCCN(CCO)CCO. The lowest BCUT2D eigenvalue weighted by Gasteiger charge is -2.21. The molecular weight excluding hydrogens is 266 g/mol. The summed E-state index contributed by atoms with van der Waals surface area (Å²) >= 11 is 0. The van der Waals surface area contributed by atoms with Gasteiger partial charge in [-0.05, 0) is 38.9 Å². The Morgan fingerprint density at radius 2 is 1.29 bits per heavy atom. The molecule has 0 radical (unpaired) electrons. The third-order valence-electron chi connectivity index (χ3n) is 3.61. The van der Waals surface area contributed by atoms with Crippen LogP contribution in [0, 0.1) is 11.3 Å². The summed E-state index contributed by atoms with van der Waals surface area (Å²) in [7, 11) is 0. The summed E-state index contributed by atoms with van der Waals surface area (Å²) in [5.41, 5.74) is 0. The lowest BCUT2D eigenvalue weighted by Crippen LogP contribution is -2.30. The number of rotatable bonds is 15. The normalized spacial score (nSPS) is 11.2. The van der Waals surface area contributed by atoms with Crippen LogP contribution < -0.4 is 0 Å². The molecule has 0 heterocycles. The molecule has 0 aromatic rings. The van der Waals surface area contributed by atoms with Gasteiger partial charge in [-0.1, -0.05) is 19.8 Å². The number of nitriles is 1. The molecule has 0 aliphatic rings. The molecule has 0 aromatic carbocycles. The van der Waals surface area contributed by atoms with Gasteiger partial charge in [0, 0.05) is 26.1 Å². The maximum absolute atomic E-state index is 8.93. The second kappa shape index (κ2) is 15.7. The maximum Gasteiger partial charge on any atom is 0.0635 e. The van der Waals surface area contributed by atoms with Gasteiger partial charge in [-0.3, -0.25) is 4.90 Å². The summed E-state index contributed by atoms with van der Waals surface area (Å²) in [6.45, 7) is 7.82. The summed E-state index contributed by atoms with van der Waals surface area (Å²) in [5.74, 6) is 0. The van der Waals surface area contributed by atoms with Crippen molar-refractivity contribution in [2.24, 2.45) is 0 Å². The van der Waals surface area contributed by atoms with E-state index in [1.165, 1.54) is 19.3 Å². The van der Waals surface area contributed by atoms with Crippen LogP contribution in [0.3, 0.4) is 0 Å². The van der Waals surface area contributed by atoms with Crippen LogP contribution in [0.15, 0.2) is 0 Å². The lowest BCUT2D eigenvalue weighted by molar-refractivity contribution is 0.159. The molecule has 0 bridgehead atoms. The summed E-state index contributed by atoms with van der Waals surface area (Å²) < 4.78 is 0. The van der Waals surface area contributed by atoms with Crippen LogP contribution in [0.5, 0.6) is 0 Å². The van der Waals surface area contributed by atoms with Gasteiger partial charge in [-0.15, -0.1) is 0 Å². The van der Waals surface area contributed by atoms with E-state index >= 15 is 0 Å². The Balaban J connectivity index is 3.61. The van der Waals surface area contributed by atoms with Crippen molar-refractivity contribution < 1.29 is 10.2 Å². The molecule has 0 atom stereocenters. The molecule has 0 saturated heterocycles. The van der Waals surface area contributed by atoms with Crippen LogP contribution >= 0.6 is 0 Å². The van der Waals surface area contributed by atoms with E-state index in [0.29, 0.717) is 19.5 Å². The molecule has 124 valence electrons. The van der Waals surface area contributed by atoms with Crippen LogP contribution in [0.2, 0.25) is 0 Å². The highest BCUT2D eigenvalue weighted by Gasteiger charge is 2.04. The molecule has 0 aliphatic heterocycles. The summed E-state index contributed by atoms with van der Waals surface area (Å²) in [4.78, 5) is 4.49. The average Bonchev–Trinajstić information content (AvgIpc) is 2.48. The molecule has 0 fully saturated rings. The number of aliphatic hydroxyl groups is 2. The van der Waals surface area contributed by atoms with Gasteiger partial charge in [0.25, 0.3) is 0 Å². The number of unbranched alkanes of at least 4 members (excludes halogenated alkanes) is 3. The van der Waals surface area contributed by atoms with Crippen molar-refractivity contribution in [3.8, 4) is 6.07 Å². The van der Waals surface area contributed by atoms with E-state index in [1.807, 2.05) is 0 Å². The second-order valence-corrected chi connectivity index (χ2v) is 5.45. The van der Waals surface area contributed by atoms with E-state index in [4.69, 9.17) is 15.5 Å². The van der Waals surface area contributed by atoms with Gasteiger partial charge in [-0.2, -0.15) is 5.26 Å². The van der Waals surface area contributed by atoms with Crippen molar-refractivity contribution in [1.82, 2.24) is 9.80 Å². The fraction of sp³-hybridized carbons (Fsp3) is 0.938. The Morgan fingerprint density at radius 1 is 0.762 bits per heavy atom. The van der Waals surface area contributed by atoms with Gasteiger partial charge in [0.2, 0.25) is 0 Å². The second-order valence-electron chi connectivity index (χ2n) is 5.45. The van der Waals surface area contributed by atoms with E-state index in [2.05, 4.69) is 22.8 Å². The number of hydrogen-bond donors (Lipinski definition) is 2. The largest absolute Gasteiger partial charge is 0.395 e. The molecule has 0 amide bonds. The molecule has 0 aliphatic carbocycles. The number of nitrogens with zero attached hydrogens (tertiary/aromatic N) is 3.